The van der Waals surface area contributed by atoms with Gasteiger partial charge in [0.15, 0.2) is 16.3 Å². The fraction of sp³-hybridized carbons (Fsp3) is 0.429. The fourth-order valence-electron chi connectivity index (χ4n) is 2.41. The van der Waals surface area contributed by atoms with Crippen molar-refractivity contribution in [3.05, 3.63) is 27.3 Å². The monoisotopic (exact) mass is 307 g/mol. The lowest BCUT2D eigenvalue weighted by Crippen LogP contribution is -2.24. The number of nitrogens with one attached hydrogen (secondary N) is 2. The highest BCUT2D eigenvalue weighted by atomic mass is 32.1. The Hall–Kier alpha value is -1.86. The Bertz CT molecular complexity index is 781. The average Bonchev–Trinajstić information content (AvgIpc) is 2.49. The predicted molar refractivity (Wildman–Crippen MR) is 82.9 cm³/mol. The quantitative estimate of drug-likeness (QED) is 0.661. The molecule has 0 unspecified atom stereocenters. The van der Waals surface area contributed by atoms with E-state index < -0.39 is 0 Å². The molecule has 0 atom stereocenters. The minimum Gasteiger partial charge on any atom is -0.486 e. The first-order valence-corrected chi connectivity index (χ1v) is 7.32. The van der Waals surface area contributed by atoms with E-state index >= 15 is 0 Å². The van der Waals surface area contributed by atoms with Gasteiger partial charge in [-0.1, -0.05) is 0 Å². The van der Waals surface area contributed by atoms with E-state index in [0.29, 0.717) is 46.9 Å². The van der Waals surface area contributed by atoms with E-state index in [0.717, 1.165) is 13.0 Å². The van der Waals surface area contributed by atoms with Crippen LogP contribution >= 0.6 is 12.2 Å². The van der Waals surface area contributed by atoms with Gasteiger partial charge in [0.2, 0.25) is 0 Å². The molecule has 112 valence electrons. The summed E-state index contributed by atoms with van der Waals surface area (Å²) in [6.07, 6.45) is 0.837. The number of nitrogens with zero attached hydrogens (tertiary/aromatic N) is 1. The molecule has 2 N–H and O–H groups in total. The summed E-state index contributed by atoms with van der Waals surface area (Å²) in [7, 11) is 1.88. The molecule has 6 nitrogen and oxygen atoms in total. The van der Waals surface area contributed by atoms with E-state index in [2.05, 4.69) is 10.3 Å². The zero-order valence-corrected chi connectivity index (χ0v) is 12.6. The van der Waals surface area contributed by atoms with Crippen molar-refractivity contribution in [2.24, 2.45) is 0 Å². The number of aromatic nitrogens is 2. The molecule has 1 aromatic heterocycles. The fourth-order valence-corrected chi connectivity index (χ4v) is 2.69. The summed E-state index contributed by atoms with van der Waals surface area (Å²) in [5.74, 6) is 1.25. The van der Waals surface area contributed by atoms with Crippen molar-refractivity contribution < 1.29 is 9.47 Å². The summed E-state index contributed by atoms with van der Waals surface area (Å²) >= 11 is 5.29. The van der Waals surface area contributed by atoms with E-state index in [1.54, 1.807) is 16.7 Å². The highest BCUT2D eigenvalue weighted by Gasteiger charge is 2.15. The van der Waals surface area contributed by atoms with Gasteiger partial charge in [-0.2, -0.15) is 0 Å². The first-order valence-electron chi connectivity index (χ1n) is 6.92. The van der Waals surface area contributed by atoms with Crippen molar-refractivity contribution in [1.82, 2.24) is 14.9 Å². The van der Waals surface area contributed by atoms with Gasteiger partial charge in [0, 0.05) is 12.6 Å². The second-order valence-corrected chi connectivity index (χ2v) is 5.27. The lowest BCUT2D eigenvalue weighted by Gasteiger charge is -2.19. The third kappa shape index (κ3) is 2.66. The standard InChI is InChI=1S/C14H17N3O3S/c1-15-3-2-4-17-13(18)9-7-11-12(20-6-5-19-11)8-10(9)16-14(17)21/h7-8,15H,2-6H2,1H3,(H,16,21). The van der Waals surface area contributed by atoms with Gasteiger partial charge >= 0.3 is 0 Å². The average molecular weight is 307 g/mol. The van der Waals surface area contributed by atoms with Crippen LogP contribution in [-0.4, -0.2) is 36.4 Å². The molecular weight excluding hydrogens is 290 g/mol. The van der Waals surface area contributed by atoms with Crippen molar-refractivity contribution in [3.63, 3.8) is 0 Å². The molecule has 0 fully saturated rings. The Morgan fingerprint density at radius 2 is 2.05 bits per heavy atom. The van der Waals surface area contributed by atoms with E-state index in [9.17, 15) is 4.79 Å². The summed E-state index contributed by atoms with van der Waals surface area (Å²) in [4.78, 5) is 15.7. The Balaban J connectivity index is 2.10. The molecule has 0 saturated carbocycles. The highest BCUT2D eigenvalue weighted by Crippen LogP contribution is 2.32. The molecule has 1 aliphatic heterocycles. The van der Waals surface area contributed by atoms with Gasteiger partial charge in [-0.05, 0) is 38.3 Å². The number of benzene rings is 1. The third-order valence-electron chi connectivity index (χ3n) is 3.45. The van der Waals surface area contributed by atoms with Crippen LogP contribution in [0.25, 0.3) is 10.9 Å². The number of rotatable bonds is 4. The lowest BCUT2D eigenvalue weighted by atomic mass is 10.2. The van der Waals surface area contributed by atoms with Crippen LogP contribution in [0, 0.1) is 4.77 Å². The molecule has 0 aliphatic carbocycles. The van der Waals surface area contributed by atoms with Crippen LogP contribution in [0.4, 0.5) is 0 Å². The van der Waals surface area contributed by atoms with Gasteiger partial charge in [0.1, 0.15) is 13.2 Å². The van der Waals surface area contributed by atoms with Crippen molar-refractivity contribution in [1.29, 1.82) is 0 Å². The summed E-state index contributed by atoms with van der Waals surface area (Å²) < 4.78 is 13.1. The van der Waals surface area contributed by atoms with Crippen molar-refractivity contribution in [2.45, 2.75) is 13.0 Å². The minimum atomic E-state index is -0.0955. The SMILES string of the molecule is CNCCCn1c(=S)[nH]c2cc3c(cc2c1=O)OCCO3. The molecule has 3 rings (SSSR count). The van der Waals surface area contributed by atoms with Gasteiger partial charge in [0.25, 0.3) is 5.56 Å². The molecule has 2 aromatic rings. The Morgan fingerprint density at radius 1 is 1.33 bits per heavy atom. The number of hydrogen-bond donors (Lipinski definition) is 2. The molecule has 7 heteroatoms. The Kier molecular flexibility index (Phi) is 3.94. The van der Waals surface area contributed by atoms with Crippen molar-refractivity contribution in [3.8, 4) is 11.5 Å². The van der Waals surface area contributed by atoms with Crippen LogP contribution in [0.3, 0.4) is 0 Å². The van der Waals surface area contributed by atoms with Crippen LogP contribution < -0.4 is 20.3 Å². The lowest BCUT2D eigenvalue weighted by molar-refractivity contribution is 0.172. The maximum Gasteiger partial charge on any atom is 0.262 e. The van der Waals surface area contributed by atoms with Gasteiger partial charge in [0.05, 0.1) is 10.9 Å². The first kappa shape index (κ1) is 14.1. The van der Waals surface area contributed by atoms with Crippen LogP contribution in [0.15, 0.2) is 16.9 Å². The Labute approximate surface area is 126 Å². The molecule has 0 radical (unpaired) electrons. The first-order chi connectivity index (χ1) is 10.2. The number of aromatic amines is 1. The van der Waals surface area contributed by atoms with Crippen LogP contribution in [-0.2, 0) is 6.54 Å². The molecule has 0 bridgehead atoms. The van der Waals surface area contributed by atoms with Gasteiger partial charge in [-0.3, -0.25) is 9.36 Å². The summed E-state index contributed by atoms with van der Waals surface area (Å²) in [6, 6.07) is 3.50. The number of hydrogen-bond acceptors (Lipinski definition) is 5. The topological polar surface area (TPSA) is 68.3 Å². The maximum absolute atomic E-state index is 12.6. The van der Waals surface area contributed by atoms with E-state index in [4.69, 9.17) is 21.7 Å². The van der Waals surface area contributed by atoms with Crippen LogP contribution in [0.2, 0.25) is 0 Å². The third-order valence-corrected chi connectivity index (χ3v) is 3.78. The number of ether oxygens (including phenoxy) is 2. The molecule has 1 aromatic carbocycles. The van der Waals surface area contributed by atoms with Crippen LogP contribution in [0.5, 0.6) is 11.5 Å². The molecule has 2 heterocycles. The second-order valence-electron chi connectivity index (χ2n) is 4.89. The van der Waals surface area contributed by atoms with E-state index in [1.165, 1.54) is 0 Å². The van der Waals surface area contributed by atoms with Crippen LogP contribution in [0.1, 0.15) is 6.42 Å². The summed E-state index contributed by atoms with van der Waals surface area (Å²) in [5, 5.41) is 3.63. The van der Waals surface area contributed by atoms with Gasteiger partial charge < -0.3 is 19.8 Å². The smallest absolute Gasteiger partial charge is 0.262 e. The van der Waals surface area contributed by atoms with Crippen molar-refractivity contribution in [2.75, 3.05) is 26.8 Å². The Morgan fingerprint density at radius 3 is 2.76 bits per heavy atom. The largest absolute Gasteiger partial charge is 0.486 e. The minimum absolute atomic E-state index is 0.0955. The molecule has 0 spiro atoms. The predicted octanol–water partition coefficient (Wildman–Crippen LogP) is 1.44. The van der Waals surface area contributed by atoms with Gasteiger partial charge in [-0.15, -0.1) is 0 Å². The molecule has 0 amide bonds. The molecule has 1 aliphatic rings. The number of H-pyrrole nitrogens is 1. The summed E-state index contributed by atoms with van der Waals surface area (Å²) in [5.41, 5.74) is 0.584. The summed E-state index contributed by atoms with van der Waals surface area (Å²) in [6.45, 7) is 2.43. The molecular formula is C14H17N3O3S. The zero-order chi connectivity index (χ0) is 14.8. The maximum atomic E-state index is 12.6. The van der Waals surface area contributed by atoms with Crippen molar-refractivity contribution >= 4 is 23.1 Å². The highest BCUT2D eigenvalue weighted by molar-refractivity contribution is 7.71. The number of fused-ring (bicyclic) bond motifs is 2. The van der Waals surface area contributed by atoms with E-state index in [1.807, 2.05) is 7.05 Å². The zero-order valence-electron chi connectivity index (χ0n) is 11.8. The van der Waals surface area contributed by atoms with E-state index in [-0.39, 0.29) is 5.56 Å². The second kappa shape index (κ2) is 5.87. The normalized spacial score (nSPS) is 13.6. The molecule has 21 heavy (non-hydrogen) atoms. The van der Waals surface area contributed by atoms with Gasteiger partial charge in [-0.25, -0.2) is 0 Å². The molecule has 0 saturated heterocycles.